The minimum absolute atomic E-state index is 0.385. The molecule has 2 heterocycles. The van der Waals surface area contributed by atoms with Crippen LogP contribution < -0.4 is 24.2 Å². The van der Waals surface area contributed by atoms with Crippen LogP contribution in [0.3, 0.4) is 0 Å². The van der Waals surface area contributed by atoms with Crippen LogP contribution in [0.1, 0.15) is 130 Å². The number of aryl methyl sites for hydroxylation is 1. The molecule has 2 aliphatic rings. The fourth-order valence-corrected chi connectivity index (χ4v) is 9.18. The zero-order chi connectivity index (χ0) is 41.0. The molecule has 2 amide bonds. The van der Waals surface area contributed by atoms with Crippen molar-refractivity contribution in [1.29, 1.82) is 0 Å². The molecule has 1 atom stereocenters. The van der Waals surface area contributed by atoms with E-state index in [2.05, 4.69) is 108 Å². The Morgan fingerprint density at radius 2 is 1.29 bits per heavy atom. The van der Waals surface area contributed by atoms with Gasteiger partial charge in [-0.25, -0.2) is 0 Å². The van der Waals surface area contributed by atoms with Gasteiger partial charge in [0.2, 0.25) is 0 Å². The van der Waals surface area contributed by atoms with E-state index in [4.69, 9.17) is 28.9 Å². The zero-order valence-corrected chi connectivity index (χ0v) is 37.7. The topological polar surface area (TPSA) is 62.3 Å². The number of hydrogen-bond acceptors (Lipinski definition) is 6. The van der Waals surface area contributed by atoms with Gasteiger partial charge in [0.05, 0.1) is 0 Å². The standard InChI is InChI=1S/C27H39N2.C19H17NO4.2ClH.Ru/c1-18(2)22-11-9-12-23(19(3)4)26(22)28-15-16-29(17-28)27-24(20(5)6)13-10-14-25(27)21(7)8;1-11-6-5-7-16-17(11)24-13(3)18(21)20(16)19(22)15-9-8-14(23-4)10-12(15)2;;;/h9-14,17-21H,15-16H2,1-8H3;1,5-10,13H,2-4H3;2*1H;/q-1;;;;+2/p-2. The van der Waals surface area contributed by atoms with E-state index < -0.39 is 31.4 Å². The number of amides is 2. The maximum absolute atomic E-state index is 13.2. The van der Waals surface area contributed by atoms with Gasteiger partial charge < -0.3 is 9.80 Å². The number of anilines is 3. The molecule has 1 fully saturated rings. The van der Waals surface area contributed by atoms with Gasteiger partial charge in [0.15, 0.2) is 0 Å². The molecule has 0 bridgehead atoms. The number of nitrogens with zero attached hydrogens (tertiary/aromatic N) is 3. The third kappa shape index (κ3) is 9.36. The predicted molar refractivity (Wildman–Crippen MR) is 231 cm³/mol. The van der Waals surface area contributed by atoms with Gasteiger partial charge in [-0.1, -0.05) is 91.8 Å². The van der Waals surface area contributed by atoms with E-state index >= 15 is 0 Å². The number of methoxy groups -OCH3 is 1. The Hall–Kier alpha value is -3.71. The average Bonchev–Trinajstić information content (AvgIpc) is 3.64. The van der Waals surface area contributed by atoms with E-state index in [1.165, 1.54) is 33.6 Å². The second-order valence-electron chi connectivity index (χ2n) is 15.6. The van der Waals surface area contributed by atoms with Gasteiger partial charge in [0.1, 0.15) is 0 Å². The van der Waals surface area contributed by atoms with Crippen molar-refractivity contribution in [2.24, 2.45) is 0 Å². The number of imide groups is 1. The summed E-state index contributed by atoms with van der Waals surface area (Å²) in [5.41, 5.74) is 10.9. The van der Waals surface area contributed by atoms with Crippen LogP contribution in [0.15, 0.2) is 72.8 Å². The third-order valence-electron chi connectivity index (χ3n) is 10.3. The quantitative estimate of drug-likeness (QED) is 0.0948. The molecule has 0 aromatic heterocycles. The molecule has 0 saturated carbocycles. The number of benzene rings is 4. The molecule has 1 unspecified atom stereocenters. The molecular weight excluding hydrogens is 830 g/mol. The van der Waals surface area contributed by atoms with E-state index in [0.29, 0.717) is 57.5 Å². The van der Waals surface area contributed by atoms with Gasteiger partial charge in [-0.2, -0.15) is 6.67 Å². The maximum atomic E-state index is 13.2. The van der Waals surface area contributed by atoms with Crippen LogP contribution in [-0.4, -0.2) is 42.7 Å². The molecule has 0 N–H and O–H groups in total. The van der Waals surface area contributed by atoms with Crippen molar-refractivity contribution >= 4 is 52.9 Å². The molecule has 4 aromatic carbocycles. The van der Waals surface area contributed by atoms with E-state index in [9.17, 15) is 9.59 Å². The Labute approximate surface area is 347 Å². The molecule has 4 aromatic rings. The SMILES string of the molecule is CC(C)c1cccc(C(C)C)c1N1[CH-]N(c2c(C(C)C)cccc2C(C)C)CC1.COc1ccc(C(=O)N2C(=O)C(C)Oc3c([CH]=[Ru]([Cl])[Cl])cccc32)c(C)c1. The van der Waals surface area contributed by atoms with Gasteiger partial charge in [-0.3, -0.25) is 0 Å². The number of hydrogen-bond donors (Lipinski definition) is 0. The molecule has 10 heteroatoms. The molecule has 2 aliphatic heterocycles. The van der Waals surface area contributed by atoms with Crippen LogP contribution in [0.25, 0.3) is 0 Å². The number of fused-ring (bicyclic) bond motifs is 1. The van der Waals surface area contributed by atoms with Gasteiger partial charge in [-0.15, -0.1) is 0 Å². The van der Waals surface area contributed by atoms with Crippen LogP contribution in [0, 0.1) is 13.6 Å². The zero-order valence-electron chi connectivity index (χ0n) is 34.5. The van der Waals surface area contributed by atoms with Gasteiger partial charge in [0, 0.05) is 24.5 Å². The molecule has 1 saturated heterocycles. The first-order valence-electron chi connectivity index (χ1n) is 19.3. The molecular formula is C46H56Cl2N3O4Ru-. The summed E-state index contributed by atoms with van der Waals surface area (Å²) in [6.07, 6.45) is -0.805. The fourth-order valence-electron chi connectivity index (χ4n) is 7.40. The summed E-state index contributed by atoms with van der Waals surface area (Å²) in [6, 6.07) is 24.0. The van der Waals surface area contributed by atoms with Crippen molar-refractivity contribution in [3.63, 3.8) is 0 Å². The van der Waals surface area contributed by atoms with Crippen LogP contribution in [0.5, 0.6) is 11.5 Å². The number of para-hydroxylation sites is 3. The number of carbonyl (C=O) groups excluding carboxylic acids is 2. The van der Waals surface area contributed by atoms with E-state index in [1.54, 1.807) is 62.0 Å². The summed E-state index contributed by atoms with van der Waals surface area (Å²) in [4.78, 5) is 32.2. The number of halogens is 2. The summed E-state index contributed by atoms with van der Waals surface area (Å²) in [7, 11) is 13.6. The fraction of sp³-hybridized carbons (Fsp3) is 0.391. The van der Waals surface area contributed by atoms with E-state index in [0.717, 1.165) is 18.0 Å². The van der Waals surface area contributed by atoms with Crippen molar-refractivity contribution in [3.8, 4) is 11.5 Å². The van der Waals surface area contributed by atoms with E-state index in [1.807, 2.05) is 0 Å². The molecule has 0 radical (unpaired) electrons. The molecule has 302 valence electrons. The van der Waals surface area contributed by atoms with Gasteiger partial charge in [0.25, 0.3) is 0 Å². The van der Waals surface area contributed by atoms with Crippen LogP contribution >= 0.6 is 19.4 Å². The summed E-state index contributed by atoms with van der Waals surface area (Å²) in [5.74, 6) is 2.29. The minimum atomic E-state index is -2.11. The first-order chi connectivity index (χ1) is 26.5. The Bertz CT molecular complexity index is 1970. The van der Waals surface area contributed by atoms with Gasteiger partial charge >= 0.3 is 171 Å². The summed E-state index contributed by atoms with van der Waals surface area (Å²) >= 11 is -2.11. The van der Waals surface area contributed by atoms with Gasteiger partial charge in [-0.05, 0) is 45.9 Å². The van der Waals surface area contributed by atoms with Crippen molar-refractivity contribution in [1.82, 2.24) is 0 Å². The molecule has 7 nitrogen and oxygen atoms in total. The summed E-state index contributed by atoms with van der Waals surface area (Å²) in [6.45, 7) is 26.3. The third-order valence-corrected chi connectivity index (χ3v) is 12.1. The number of rotatable bonds is 9. The number of ether oxygens (including phenoxy) is 2. The van der Waals surface area contributed by atoms with Crippen molar-refractivity contribution < 1.29 is 32.6 Å². The second-order valence-corrected chi connectivity index (χ2v) is 21.3. The number of carbonyl (C=O) groups is 2. The predicted octanol–water partition coefficient (Wildman–Crippen LogP) is 11.7. The Kier molecular flexibility index (Phi) is 14.5. The molecule has 56 heavy (non-hydrogen) atoms. The van der Waals surface area contributed by atoms with Crippen LogP contribution in [0.2, 0.25) is 0 Å². The Morgan fingerprint density at radius 3 is 1.71 bits per heavy atom. The van der Waals surface area contributed by atoms with Crippen LogP contribution in [0.4, 0.5) is 17.1 Å². The van der Waals surface area contributed by atoms with E-state index in [-0.39, 0.29) is 0 Å². The van der Waals surface area contributed by atoms with Crippen LogP contribution in [-0.2, 0) is 18.3 Å². The Balaban J connectivity index is 0.000000215. The monoisotopic (exact) mass is 886 g/mol. The molecule has 0 spiro atoms. The van der Waals surface area contributed by atoms with Crippen molar-refractivity contribution in [3.05, 3.63) is 118 Å². The first kappa shape index (κ1) is 43.4. The average molecular weight is 887 g/mol. The van der Waals surface area contributed by atoms with Crippen molar-refractivity contribution in [2.45, 2.75) is 99.0 Å². The molecule has 6 rings (SSSR count). The first-order valence-corrected chi connectivity index (χ1v) is 24.8. The summed E-state index contributed by atoms with van der Waals surface area (Å²) in [5, 5.41) is 0. The Morgan fingerprint density at radius 1 is 0.804 bits per heavy atom. The summed E-state index contributed by atoms with van der Waals surface area (Å²) < 4.78 is 12.7. The second kappa shape index (κ2) is 18.7. The van der Waals surface area contributed by atoms with Crippen molar-refractivity contribution in [2.75, 3.05) is 34.9 Å². The molecule has 0 aliphatic carbocycles. The normalized spacial score (nSPS) is 15.6.